The zero-order chi connectivity index (χ0) is 19.4. The molecular formula is C19H28N2O5. The second kappa shape index (κ2) is 7.93. The van der Waals surface area contributed by atoms with E-state index in [-0.39, 0.29) is 23.8 Å². The van der Waals surface area contributed by atoms with Gasteiger partial charge < -0.3 is 19.1 Å². The number of hydrogen-bond donors (Lipinski definition) is 0. The molecular weight excluding hydrogens is 336 g/mol. The van der Waals surface area contributed by atoms with Crippen molar-refractivity contribution in [3.8, 4) is 5.75 Å². The molecule has 1 unspecified atom stereocenters. The fourth-order valence-corrected chi connectivity index (χ4v) is 2.74. The predicted octanol–water partition coefficient (Wildman–Crippen LogP) is 3.28. The van der Waals surface area contributed by atoms with Gasteiger partial charge in [-0.2, -0.15) is 0 Å². The topological polar surface area (TPSA) is 78.0 Å². The summed E-state index contributed by atoms with van der Waals surface area (Å²) in [5.41, 5.74) is -0.574. The molecule has 7 nitrogen and oxygen atoms in total. The molecule has 1 saturated heterocycles. The summed E-state index contributed by atoms with van der Waals surface area (Å²) in [6.45, 7) is 11.1. The maximum Gasteiger partial charge on any atom is 0.410 e. The largest absolute Gasteiger partial charge is 0.490 e. The van der Waals surface area contributed by atoms with Crippen LogP contribution in [0.3, 0.4) is 0 Å². The monoisotopic (exact) mass is 364 g/mol. The molecule has 1 atom stereocenters. The quantitative estimate of drug-likeness (QED) is 0.746. The van der Waals surface area contributed by atoms with Gasteiger partial charge >= 0.3 is 12.1 Å². The average Bonchev–Trinajstić information content (AvgIpc) is 2.95. The maximum absolute atomic E-state index is 12.2. The Balaban J connectivity index is 1.98. The summed E-state index contributed by atoms with van der Waals surface area (Å²) in [6.07, 6.45) is 2.01. The molecule has 0 saturated carbocycles. The fourth-order valence-electron chi connectivity index (χ4n) is 2.74. The Bertz CT molecular complexity index is 656. The van der Waals surface area contributed by atoms with Gasteiger partial charge in [0.15, 0.2) is 11.4 Å². The summed E-state index contributed by atoms with van der Waals surface area (Å²) in [7, 11) is 0. The zero-order valence-corrected chi connectivity index (χ0v) is 16.2. The molecule has 0 spiro atoms. The van der Waals surface area contributed by atoms with E-state index in [0.717, 1.165) is 6.42 Å². The van der Waals surface area contributed by atoms with Gasteiger partial charge in [0.2, 0.25) is 0 Å². The number of carbonyl (C=O) groups excluding carboxylic acids is 2. The van der Waals surface area contributed by atoms with Gasteiger partial charge in [0.25, 0.3) is 0 Å². The first-order valence-electron chi connectivity index (χ1n) is 8.86. The van der Waals surface area contributed by atoms with Crippen molar-refractivity contribution in [1.82, 2.24) is 9.88 Å². The van der Waals surface area contributed by atoms with E-state index in [9.17, 15) is 9.59 Å². The number of aromatic nitrogens is 1. The molecule has 0 aromatic carbocycles. The number of pyridine rings is 1. The molecule has 2 rings (SSSR count). The number of esters is 1. The van der Waals surface area contributed by atoms with Crippen molar-refractivity contribution in [2.75, 3.05) is 26.3 Å². The number of amides is 1. The van der Waals surface area contributed by atoms with Crippen LogP contribution in [0.25, 0.3) is 0 Å². The molecule has 0 N–H and O–H groups in total. The van der Waals surface area contributed by atoms with Gasteiger partial charge in [-0.25, -0.2) is 14.6 Å². The highest BCUT2D eigenvalue weighted by atomic mass is 16.6. The van der Waals surface area contributed by atoms with Crippen molar-refractivity contribution in [1.29, 1.82) is 0 Å². The van der Waals surface area contributed by atoms with Gasteiger partial charge in [0, 0.05) is 24.7 Å². The second-order valence-corrected chi connectivity index (χ2v) is 7.82. The van der Waals surface area contributed by atoms with Gasteiger partial charge in [-0.3, -0.25) is 0 Å². The van der Waals surface area contributed by atoms with Crippen LogP contribution in [-0.4, -0.2) is 53.9 Å². The van der Waals surface area contributed by atoms with Crippen molar-refractivity contribution in [2.45, 2.75) is 46.6 Å². The van der Waals surface area contributed by atoms with E-state index < -0.39 is 11.6 Å². The molecule has 1 aromatic rings. The van der Waals surface area contributed by atoms with Crippen LogP contribution in [-0.2, 0) is 9.47 Å². The Morgan fingerprint density at radius 3 is 2.73 bits per heavy atom. The first-order chi connectivity index (χ1) is 12.1. The van der Waals surface area contributed by atoms with Crippen molar-refractivity contribution < 1.29 is 23.8 Å². The normalized spacial score (nSPS) is 20.0. The van der Waals surface area contributed by atoms with Gasteiger partial charge in [-0.1, -0.05) is 6.92 Å². The third kappa shape index (κ3) is 5.34. The molecule has 1 aliphatic rings. The van der Waals surface area contributed by atoms with E-state index in [1.807, 2.05) is 20.8 Å². The molecule has 1 aromatic heterocycles. The van der Waals surface area contributed by atoms with E-state index in [4.69, 9.17) is 14.2 Å². The molecule has 1 amide bonds. The third-order valence-corrected chi connectivity index (χ3v) is 4.03. The lowest BCUT2D eigenvalue weighted by molar-refractivity contribution is 0.0265. The standard InChI is InChI=1S/C19H28N2O5/c1-6-24-16(22)15-14(8-7-10-20-15)25-13-19(5)9-11-21(12-19)17(23)26-18(2,3)4/h7-8,10H,6,9,11-13H2,1-5H3. The molecule has 26 heavy (non-hydrogen) atoms. The van der Waals surface area contributed by atoms with Crippen molar-refractivity contribution in [3.05, 3.63) is 24.0 Å². The summed E-state index contributed by atoms with van der Waals surface area (Å²) in [6, 6.07) is 3.41. The Hall–Kier alpha value is -2.31. The van der Waals surface area contributed by atoms with E-state index in [1.165, 1.54) is 6.20 Å². The Morgan fingerprint density at radius 2 is 2.08 bits per heavy atom. The minimum Gasteiger partial charge on any atom is -0.490 e. The fraction of sp³-hybridized carbons (Fsp3) is 0.632. The van der Waals surface area contributed by atoms with Crippen LogP contribution in [0.15, 0.2) is 18.3 Å². The molecule has 0 radical (unpaired) electrons. The minimum atomic E-state index is -0.517. The molecule has 1 aliphatic heterocycles. The summed E-state index contributed by atoms with van der Waals surface area (Å²) in [4.78, 5) is 30.0. The van der Waals surface area contributed by atoms with Crippen LogP contribution in [0.4, 0.5) is 4.79 Å². The lowest BCUT2D eigenvalue weighted by atomic mass is 9.91. The van der Waals surface area contributed by atoms with Crippen LogP contribution in [0.5, 0.6) is 5.75 Å². The van der Waals surface area contributed by atoms with Crippen LogP contribution < -0.4 is 4.74 Å². The smallest absolute Gasteiger partial charge is 0.410 e. The predicted molar refractivity (Wildman–Crippen MR) is 96.2 cm³/mol. The number of carbonyl (C=O) groups is 2. The first kappa shape index (κ1) is 20.0. The number of rotatable bonds is 5. The summed E-state index contributed by atoms with van der Waals surface area (Å²) in [5.74, 6) is -0.113. The van der Waals surface area contributed by atoms with E-state index in [2.05, 4.69) is 11.9 Å². The Morgan fingerprint density at radius 1 is 1.35 bits per heavy atom. The van der Waals surface area contributed by atoms with Crippen LogP contribution in [0, 0.1) is 5.41 Å². The van der Waals surface area contributed by atoms with E-state index >= 15 is 0 Å². The SMILES string of the molecule is CCOC(=O)c1ncccc1OCC1(C)CCN(C(=O)OC(C)(C)C)C1. The van der Waals surface area contributed by atoms with E-state index in [1.54, 1.807) is 24.0 Å². The number of nitrogens with zero attached hydrogens (tertiary/aromatic N) is 2. The van der Waals surface area contributed by atoms with E-state index in [0.29, 0.717) is 25.4 Å². The molecule has 0 aliphatic carbocycles. The zero-order valence-electron chi connectivity index (χ0n) is 16.2. The molecule has 1 fully saturated rings. The van der Waals surface area contributed by atoms with Gasteiger partial charge in [-0.05, 0) is 46.2 Å². The lowest BCUT2D eigenvalue weighted by Crippen LogP contribution is -2.37. The number of hydrogen-bond acceptors (Lipinski definition) is 6. The van der Waals surface area contributed by atoms with Crippen molar-refractivity contribution in [2.24, 2.45) is 5.41 Å². The molecule has 7 heteroatoms. The van der Waals surface area contributed by atoms with Crippen molar-refractivity contribution >= 4 is 12.1 Å². The van der Waals surface area contributed by atoms with Gasteiger partial charge in [0.05, 0.1) is 13.2 Å². The Kier molecular flexibility index (Phi) is 6.10. The highest BCUT2D eigenvalue weighted by Gasteiger charge is 2.38. The highest BCUT2D eigenvalue weighted by Crippen LogP contribution is 2.32. The highest BCUT2D eigenvalue weighted by molar-refractivity contribution is 5.90. The van der Waals surface area contributed by atoms with Crippen LogP contribution in [0.2, 0.25) is 0 Å². The third-order valence-electron chi connectivity index (χ3n) is 4.03. The minimum absolute atomic E-state index is 0.167. The lowest BCUT2D eigenvalue weighted by Gasteiger charge is -2.27. The Labute approximate surface area is 154 Å². The average molecular weight is 364 g/mol. The molecule has 144 valence electrons. The molecule has 0 bridgehead atoms. The van der Waals surface area contributed by atoms with Gasteiger partial charge in [-0.15, -0.1) is 0 Å². The first-order valence-corrected chi connectivity index (χ1v) is 8.86. The molecule has 2 heterocycles. The summed E-state index contributed by atoms with van der Waals surface area (Å²) in [5, 5.41) is 0. The number of likely N-dealkylation sites (tertiary alicyclic amines) is 1. The maximum atomic E-state index is 12.2. The van der Waals surface area contributed by atoms with Gasteiger partial charge in [0.1, 0.15) is 5.60 Å². The second-order valence-electron chi connectivity index (χ2n) is 7.82. The van der Waals surface area contributed by atoms with Crippen molar-refractivity contribution in [3.63, 3.8) is 0 Å². The summed E-state index contributed by atoms with van der Waals surface area (Å²) >= 11 is 0. The summed E-state index contributed by atoms with van der Waals surface area (Å²) < 4.78 is 16.3. The van der Waals surface area contributed by atoms with Crippen LogP contribution >= 0.6 is 0 Å². The number of ether oxygens (including phenoxy) is 3. The van der Waals surface area contributed by atoms with Crippen LogP contribution in [0.1, 0.15) is 51.5 Å².